The van der Waals surface area contributed by atoms with Crippen LogP contribution in [0.25, 0.3) is 10.9 Å². The molecule has 4 nitrogen and oxygen atoms in total. The van der Waals surface area contributed by atoms with Gasteiger partial charge < -0.3 is 14.5 Å². The van der Waals surface area contributed by atoms with Crippen molar-refractivity contribution in [2.24, 2.45) is 0 Å². The molecule has 0 N–H and O–H groups in total. The van der Waals surface area contributed by atoms with Crippen LogP contribution in [0.2, 0.25) is 5.02 Å². The van der Waals surface area contributed by atoms with Gasteiger partial charge in [0.15, 0.2) is 0 Å². The summed E-state index contributed by atoms with van der Waals surface area (Å²) in [5, 5.41) is 1.04. The molecule has 0 bridgehead atoms. The van der Waals surface area contributed by atoms with Crippen molar-refractivity contribution in [2.45, 2.75) is 18.2 Å². The Bertz CT molecular complexity index is 1030. The number of anilines is 1. The van der Waals surface area contributed by atoms with Crippen molar-refractivity contribution < 1.29 is 13.5 Å². The highest BCUT2D eigenvalue weighted by atomic mass is 35.5. The Morgan fingerprint density at radius 1 is 1.10 bits per heavy atom. The van der Waals surface area contributed by atoms with Crippen LogP contribution in [0, 0.1) is 0 Å². The van der Waals surface area contributed by atoms with Crippen molar-refractivity contribution >= 4 is 40.1 Å². The van der Waals surface area contributed by atoms with E-state index in [0.29, 0.717) is 15.9 Å². The molecule has 0 amide bonds. The third-order valence-corrected chi connectivity index (χ3v) is 6.71. The number of ether oxygens (including phenoxy) is 1. The van der Waals surface area contributed by atoms with E-state index < -0.39 is 6.43 Å². The van der Waals surface area contributed by atoms with Crippen molar-refractivity contribution in [1.82, 2.24) is 8.87 Å². The molecule has 4 rings (SSSR count). The number of hydrogen-bond acceptors (Lipinski definition) is 4. The van der Waals surface area contributed by atoms with E-state index in [0.717, 1.165) is 49.1 Å². The molecule has 1 aromatic heterocycles. The number of halogens is 3. The summed E-state index contributed by atoms with van der Waals surface area (Å²) in [4.78, 5) is 5.69. The third-order valence-electron chi connectivity index (χ3n) is 5.51. The first-order chi connectivity index (χ1) is 14.5. The zero-order chi connectivity index (χ0) is 21.3. The summed E-state index contributed by atoms with van der Waals surface area (Å²) >= 11 is 7.53. The smallest absolute Gasteiger partial charge is 0.265 e. The van der Waals surface area contributed by atoms with E-state index in [1.54, 1.807) is 29.3 Å². The second-order valence-corrected chi connectivity index (χ2v) is 8.70. The highest BCUT2D eigenvalue weighted by Crippen LogP contribution is 2.38. The number of piperazine rings is 1. The number of fused-ring (bicyclic) bond motifs is 1. The van der Waals surface area contributed by atoms with Crippen LogP contribution in [0.3, 0.4) is 0 Å². The molecule has 3 aromatic rings. The molecule has 0 radical (unpaired) electrons. The monoisotopic (exact) mass is 451 g/mol. The van der Waals surface area contributed by atoms with E-state index in [-0.39, 0.29) is 5.56 Å². The second kappa shape index (κ2) is 9.04. The molecule has 2 heterocycles. The minimum atomic E-state index is -2.54. The molecule has 1 aliphatic heterocycles. The maximum absolute atomic E-state index is 13.5. The fourth-order valence-electron chi connectivity index (χ4n) is 3.84. The minimum Gasteiger partial charge on any atom is -0.495 e. The number of nitrogens with zero attached hydrogens (tertiary/aromatic N) is 3. The van der Waals surface area contributed by atoms with E-state index in [4.69, 9.17) is 16.3 Å². The molecule has 30 heavy (non-hydrogen) atoms. The maximum atomic E-state index is 13.5. The summed E-state index contributed by atoms with van der Waals surface area (Å²) in [6.45, 7) is 7.10. The molecule has 0 saturated carbocycles. The van der Waals surface area contributed by atoms with Gasteiger partial charge in [0.05, 0.1) is 18.3 Å². The van der Waals surface area contributed by atoms with Gasteiger partial charge in [0.2, 0.25) is 0 Å². The molecule has 1 saturated heterocycles. The van der Waals surface area contributed by atoms with Gasteiger partial charge in [0, 0.05) is 53.2 Å². The normalized spacial score (nSPS) is 15.3. The zero-order valence-electron chi connectivity index (χ0n) is 16.9. The number of aromatic nitrogens is 1. The molecule has 0 aliphatic carbocycles. The molecule has 2 aromatic carbocycles. The molecule has 1 aliphatic rings. The Balaban J connectivity index is 1.66. The predicted molar refractivity (Wildman–Crippen MR) is 120 cm³/mol. The van der Waals surface area contributed by atoms with Crippen molar-refractivity contribution in [2.75, 3.05) is 44.7 Å². The summed E-state index contributed by atoms with van der Waals surface area (Å²) in [6, 6.07) is 11.0. The van der Waals surface area contributed by atoms with Crippen LogP contribution in [0.5, 0.6) is 5.75 Å². The quantitative estimate of drug-likeness (QED) is 0.462. The molecule has 1 fully saturated rings. The number of methoxy groups -OCH3 is 1. The third kappa shape index (κ3) is 4.24. The molecule has 8 heteroatoms. The Morgan fingerprint density at radius 2 is 1.87 bits per heavy atom. The lowest BCUT2D eigenvalue weighted by molar-refractivity contribution is 0.153. The summed E-state index contributed by atoms with van der Waals surface area (Å²) in [6.07, 6.45) is -1.04. The highest BCUT2D eigenvalue weighted by Gasteiger charge is 2.21. The van der Waals surface area contributed by atoms with Gasteiger partial charge in [0.1, 0.15) is 5.75 Å². The van der Waals surface area contributed by atoms with Crippen LogP contribution in [0.4, 0.5) is 14.5 Å². The fraction of sp³-hybridized carbons (Fsp3) is 0.364. The zero-order valence-corrected chi connectivity index (χ0v) is 18.5. The topological polar surface area (TPSA) is 20.6 Å². The minimum absolute atomic E-state index is 0.0126. The SMILES string of the molecule is CCN1CCN(c2cc(Sn3cc(C(F)F)c4ccc(Cl)cc43)ccc2OC)CC1. The van der Waals surface area contributed by atoms with Crippen LogP contribution >= 0.6 is 23.5 Å². The van der Waals surface area contributed by atoms with Gasteiger partial charge in [-0.05, 0) is 48.8 Å². The maximum Gasteiger partial charge on any atom is 0.265 e. The molecule has 0 unspecified atom stereocenters. The first-order valence-electron chi connectivity index (χ1n) is 9.92. The van der Waals surface area contributed by atoms with Crippen molar-refractivity contribution in [3.05, 3.63) is 53.2 Å². The van der Waals surface area contributed by atoms with Gasteiger partial charge in [-0.15, -0.1) is 0 Å². The number of hydrogen-bond donors (Lipinski definition) is 0. The summed E-state index contributed by atoms with van der Waals surface area (Å²) < 4.78 is 34.4. The van der Waals surface area contributed by atoms with E-state index in [1.807, 2.05) is 12.1 Å². The van der Waals surface area contributed by atoms with Crippen LogP contribution < -0.4 is 9.64 Å². The second-order valence-electron chi connectivity index (χ2n) is 7.22. The van der Waals surface area contributed by atoms with Gasteiger partial charge in [-0.1, -0.05) is 24.6 Å². The van der Waals surface area contributed by atoms with Crippen LogP contribution in [0.15, 0.2) is 47.5 Å². The largest absolute Gasteiger partial charge is 0.495 e. The number of likely N-dealkylation sites (N-methyl/N-ethyl adjacent to an activating group) is 1. The highest BCUT2D eigenvalue weighted by molar-refractivity contribution is 7.98. The summed E-state index contributed by atoms with van der Waals surface area (Å²) in [5.74, 6) is 0.818. The predicted octanol–water partition coefficient (Wildman–Crippen LogP) is 5.94. The van der Waals surface area contributed by atoms with Gasteiger partial charge >= 0.3 is 0 Å². The first-order valence-corrected chi connectivity index (χ1v) is 11.1. The van der Waals surface area contributed by atoms with Gasteiger partial charge in [-0.3, -0.25) is 3.97 Å². The standard InChI is InChI=1S/C22H24ClF2N3OS/c1-3-26-8-10-27(11-9-26)20-13-16(5-7-21(20)29-2)30-28-14-18(22(24)25)17-6-4-15(23)12-19(17)28/h4-7,12-14,22H,3,8-11H2,1-2H3. The molecule has 0 spiro atoms. The first kappa shape index (κ1) is 21.3. The van der Waals surface area contributed by atoms with E-state index in [9.17, 15) is 8.78 Å². The molecular formula is C22H24ClF2N3OS. The molecule has 160 valence electrons. The number of alkyl halides is 2. The van der Waals surface area contributed by atoms with Gasteiger partial charge in [0.25, 0.3) is 6.43 Å². The Morgan fingerprint density at radius 3 is 2.53 bits per heavy atom. The number of rotatable bonds is 6. The Kier molecular flexibility index (Phi) is 6.41. The average Bonchev–Trinajstić information content (AvgIpc) is 3.11. The summed E-state index contributed by atoms with van der Waals surface area (Å²) in [7, 11) is 1.67. The van der Waals surface area contributed by atoms with Gasteiger partial charge in [-0.25, -0.2) is 8.78 Å². The summed E-state index contributed by atoms with van der Waals surface area (Å²) in [5.41, 5.74) is 1.72. The van der Waals surface area contributed by atoms with Crippen molar-refractivity contribution in [3.8, 4) is 5.75 Å². The van der Waals surface area contributed by atoms with Gasteiger partial charge in [-0.2, -0.15) is 0 Å². The van der Waals surface area contributed by atoms with Crippen molar-refractivity contribution in [3.63, 3.8) is 0 Å². The van der Waals surface area contributed by atoms with E-state index in [1.165, 1.54) is 18.1 Å². The van der Waals surface area contributed by atoms with E-state index >= 15 is 0 Å². The Hall–Kier alpha value is -1.96. The number of benzene rings is 2. The van der Waals surface area contributed by atoms with Crippen molar-refractivity contribution in [1.29, 1.82) is 0 Å². The molecular weight excluding hydrogens is 428 g/mol. The van der Waals surface area contributed by atoms with Crippen LogP contribution in [-0.4, -0.2) is 48.7 Å². The lowest BCUT2D eigenvalue weighted by Crippen LogP contribution is -2.46. The lowest BCUT2D eigenvalue weighted by atomic mass is 10.2. The van der Waals surface area contributed by atoms with Crippen LogP contribution in [0.1, 0.15) is 18.9 Å². The lowest BCUT2D eigenvalue weighted by Gasteiger charge is -2.36. The van der Waals surface area contributed by atoms with Crippen LogP contribution in [-0.2, 0) is 0 Å². The fourth-order valence-corrected chi connectivity index (χ4v) is 4.94. The van der Waals surface area contributed by atoms with E-state index in [2.05, 4.69) is 22.8 Å². The average molecular weight is 452 g/mol. The Labute approximate surface area is 184 Å². The molecule has 0 atom stereocenters.